The van der Waals surface area contributed by atoms with Crippen molar-refractivity contribution in [3.05, 3.63) is 51.1 Å². The van der Waals surface area contributed by atoms with Crippen LogP contribution in [-0.4, -0.2) is 25.6 Å². The first-order chi connectivity index (χ1) is 12.5. The van der Waals surface area contributed by atoms with Crippen molar-refractivity contribution in [3.8, 4) is 5.75 Å². The molecule has 0 fully saturated rings. The first-order valence-electron chi connectivity index (χ1n) is 7.97. The molecule has 1 atom stereocenters. The molecular weight excluding hydrogens is 402 g/mol. The second-order valence-corrected chi connectivity index (χ2v) is 6.94. The number of fused-ring (bicyclic) bond motifs is 1. The van der Waals surface area contributed by atoms with Gasteiger partial charge in [0, 0.05) is 25.0 Å². The van der Waals surface area contributed by atoms with E-state index >= 15 is 0 Å². The Morgan fingerprint density at radius 2 is 2.00 bits per heavy atom. The van der Waals surface area contributed by atoms with E-state index in [2.05, 4.69) is 9.97 Å². The number of aliphatic carboxylic acids is 1. The van der Waals surface area contributed by atoms with Crippen LogP contribution in [0.1, 0.15) is 46.5 Å². The van der Waals surface area contributed by atoms with Crippen molar-refractivity contribution < 1.29 is 14.6 Å². The lowest BCUT2D eigenvalue weighted by atomic mass is 10.2. The largest absolute Gasteiger partial charge is 0.481 e. The molecule has 152 valence electrons. The van der Waals surface area contributed by atoms with Gasteiger partial charge in [-0.05, 0) is 18.6 Å². The van der Waals surface area contributed by atoms with E-state index in [1.807, 2.05) is 6.92 Å². The summed E-state index contributed by atoms with van der Waals surface area (Å²) in [4.78, 5) is 31.1. The summed E-state index contributed by atoms with van der Waals surface area (Å²) >= 11 is 7.37. The highest BCUT2D eigenvalue weighted by molar-refractivity contribution is 7.16. The molecule has 0 radical (unpaired) electrons. The monoisotopic (exact) mass is 425 g/mol. The van der Waals surface area contributed by atoms with E-state index in [0.717, 1.165) is 11.3 Å². The van der Waals surface area contributed by atoms with E-state index in [1.54, 1.807) is 30.6 Å². The zero-order chi connectivity index (χ0) is 18.7. The van der Waals surface area contributed by atoms with Crippen LogP contribution in [0.5, 0.6) is 5.75 Å². The molecule has 9 heteroatoms. The van der Waals surface area contributed by atoms with Gasteiger partial charge < -0.3 is 9.84 Å². The van der Waals surface area contributed by atoms with Crippen molar-refractivity contribution in [2.24, 2.45) is 0 Å². The third-order valence-corrected chi connectivity index (χ3v) is 5.02. The molecule has 3 aromatic rings. The number of nitrogens with zero attached hydrogens (tertiary/aromatic N) is 3. The number of thiazole rings is 1. The molecule has 3 rings (SSSR count). The SMILES string of the molecule is C.C.CC[C@H](Oc1cc2sc(=O)n(CCC(=O)O)c2cc1Cl)c1ncccn1. The number of carboxylic acids is 1. The number of hydrogen-bond donors (Lipinski definition) is 1. The summed E-state index contributed by atoms with van der Waals surface area (Å²) in [6.45, 7) is 2.05. The lowest BCUT2D eigenvalue weighted by molar-refractivity contribution is -0.137. The topological polar surface area (TPSA) is 94.3 Å². The van der Waals surface area contributed by atoms with Crippen molar-refractivity contribution in [2.45, 2.75) is 47.3 Å². The Morgan fingerprint density at radius 1 is 1.32 bits per heavy atom. The Labute approximate surface area is 172 Å². The van der Waals surface area contributed by atoms with E-state index in [0.29, 0.717) is 33.2 Å². The predicted molar refractivity (Wildman–Crippen MR) is 113 cm³/mol. The summed E-state index contributed by atoms with van der Waals surface area (Å²) in [5.41, 5.74) is 0.600. The summed E-state index contributed by atoms with van der Waals surface area (Å²) < 4.78 is 8.08. The first-order valence-corrected chi connectivity index (χ1v) is 9.17. The minimum Gasteiger partial charge on any atom is -0.481 e. The van der Waals surface area contributed by atoms with E-state index in [1.165, 1.54) is 4.57 Å². The summed E-state index contributed by atoms with van der Waals surface area (Å²) in [5, 5.41) is 9.18. The molecule has 0 unspecified atom stereocenters. The van der Waals surface area contributed by atoms with Crippen LogP contribution in [0.15, 0.2) is 35.4 Å². The summed E-state index contributed by atoms with van der Waals surface area (Å²) in [7, 11) is 0. The second-order valence-electron chi connectivity index (χ2n) is 5.54. The van der Waals surface area contributed by atoms with E-state index < -0.39 is 5.97 Å². The molecule has 0 saturated heterocycles. The van der Waals surface area contributed by atoms with Gasteiger partial charge in [0.1, 0.15) is 5.75 Å². The number of carbonyl (C=O) groups is 1. The molecule has 2 aromatic heterocycles. The minimum absolute atomic E-state index is 0. The van der Waals surface area contributed by atoms with Crippen molar-refractivity contribution in [2.75, 3.05) is 0 Å². The number of hydrogen-bond acceptors (Lipinski definition) is 6. The summed E-state index contributed by atoms with van der Waals surface area (Å²) in [6, 6.07) is 5.06. The van der Waals surface area contributed by atoms with Crippen LogP contribution in [0, 0.1) is 0 Å². The van der Waals surface area contributed by atoms with Crippen molar-refractivity contribution in [1.82, 2.24) is 14.5 Å². The van der Waals surface area contributed by atoms with E-state index in [4.69, 9.17) is 21.4 Å². The van der Waals surface area contributed by atoms with Crippen LogP contribution in [0.25, 0.3) is 10.2 Å². The molecule has 2 heterocycles. The average Bonchev–Trinajstić information content (AvgIpc) is 2.92. The predicted octanol–water partition coefficient (Wildman–Crippen LogP) is 4.78. The van der Waals surface area contributed by atoms with Gasteiger partial charge in [0.2, 0.25) is 0 Å². The third kappa shape index (κ3) is 5.08. The molecule has 28 heavy (non-hydrogen) atoms. The van der Waals surface area contributed by atoms with Crippen molar-refractivity contribution in [3.63, 3.8) is 0 Å². The third-order valence-electron chi connectivity index (χ3n) is 3.78. The van der Waals surface area contributed by atoms with Crippen LogP contribution in [-0.2, 0) is 11.3 Å². The Balaban J connectivity index is 0.00000196. The zero-order valence-corrected chi connectivity index (χ0v) is 15.5. The van der Waals surface area contributed by atoms with E-state index in [9.17, 15) is 9.59 Å². The second kappa shape index (κ2) is 10.2. The van der Waals surface area contributed by atoms with Crippen molar-refractivity contribution in [1.29, 1.82) is 0 Å². The standard InChI is InChI=1S/C17H16ClN3O4S.2CH4/c1-2-12(16-19-5-3-6-20-16)25-13-9-14-11(8-10(13)18)21(17(24)26-14)7-4-15(22)23;;/h3,5-6,8-9,12H,2,4,7H2,1H3,(H,22,23);2*1H4/t12-;;/m0../s1. The molecule has 0 saturated carbocycles. The molecule has 0 aliphatic rings. The van der Waals surface area contributed by atoms with Gasteiger partial charge in [-0.3, -0.25) is 14.2 Å². The average molecular weight is 426 g/mol. The molecule has 0 aliphatic heterocycles. The quantitative estimate of drug-likeness (QED) is 0.585. The normalized spacial score (nSPS) is 11.4. The van der Waals surface area contributed by atoms with E-state index in [-0.39, 0.29) is 38.8 Å². The number of halogens is 1. The molecule has 0 amide bonds. The Bertz CT molecular complexity index is 988. The highest BCUT2D eigenvalue weighted by atomic mass is 35.5. The van der Waals surface area contributed by atoms with Gasteiger partial charge in [0.05, 0.1) is 21.7 Å². The number of carboxylic acid groups (broad SMARTS) is 1. The van der Waals surface area contributed by atoms with Crippen LogP contribution in [0.3, 0.4) is 0 Å². The van der Waals surface area contributed by atoms with Crippen LogP contribution in [0.2, 0.25) is 5.02 Å². The van der Waals surface area contributed by atoms with Gasteiger partial charge in [0.25, 0.3) is 0 Å². The number of ether oxygens (including phenoxy) is 1. The van der Waals surface area contributed by atoms with Gasteiger partial charge in [0.15, 0.2) is 11.9 Å². The van der Waals surface area contributed by atoms with Crippen LogP contribution >= 0.6 is 22.9 Å². The minimum atomic E-state index is -0.962. The number of rotatable bonds is 7. The summed E-state index contributed by atoms with van der Waals surface area (Å²) in [6.07, 6.45) is 3.44. The Hall–Kier alpha value is -2.45. The molecule has 7 nitrogen and oxygen atoms in total. The first kappa shape index (κ1) is 23.6. The molecule has 1 aromatic carbocycles. The lowest BCUT2D eigenvalue weighted by Crippen LogP contribution is -2.15. The Kier molecular flexibility index (Phi) is 8.59. The van der Waals surface area contributed by atoms with Gasteiger partial charge in [-0.1, -0.05) is 44.7 Å². The zero-order valence-electron chi connectivity index (χ0n) is 13.9. The number of benzene rings is 1. The fourth-order valence-corrected chi connectivity index (χ4v) is 3.65. The van der Waals surface area contributed by atoms with Gasteiger partial charge >= 0.3 is 10.8 Å². The molecule has 0 bridgehead atoms. The maximum absolute atomic E-state index is 12.2. The lowest BCUT2D eigenvalue weighted by Gasteiger charge is -2.17. The fraction of sp³-hybridized carbons (Fsp3) is 0.368. The highest BCUT2D eigenvalue weighted by Gasteiger charge is 2.18. The maximum Gasteiger partial charge on any atom is 0.308 e. The van der Waals surface area contributed by atoms with Crippen LogP contribution < -0.4 is 9.61 Å². The van der Waals surface area contributed by atoms with Gasteiger partial charge in [-0.2, -0.15) is 0 Å². The maximum atomic E-state index is 12.2. The van der Waals surface area contributed by atoms with Gasteiger partial charge in [-0.15, -0.1) is 0 Å². The molecule has 0 spiro atoms. The molecule has 0 aliphatic carbocycles. The summed E-state index contributed by atoms with van der Waals surface area (Å²) in [5.74, 6) is 0.0273. The van der Waals surface area contributed by atoms with Gasteiger partial charge in [-0.25, -0.2) is 9.97 Å². The Morgan fingerprint density at radius 3 is 2.61 bits per heavy atom. The number of aromatic nitrogens is 3. The molecule has 1 N–H and O–H groups in total. The smallest absolute Gasteiger partial charge is 0.308 e. The fourth-order valence-electron chi connectivity index (χ4n) is 2.52. The highest BCUT2D eigenvalue weighted by Crippen LogP contribution is 2.34. The van der Waals surface area contributed by atoms with Crippen LogP contribution in [0.4, 0.5) is 0 Å². The molecular formula is C19H24ClN3O4S. The van der Waals surface area contributed by atoms with Crippen molar-refractivity contribution >= 4 is 39.1 Å². The number of aryl methyl sites for hydroxylation is 1.